The van der Waals surface area contributed by atoms with Crippen molar-refractivity contribution in [2.45, 2.75) is 26.2 Å². The highest BCUT2D eigenvalue weighted by Gasteiger charge is 2.21. The van der Waals surface area contributed by atoms with Crippen LogP contribution < -0.4 is 5.32 Å². The molecule has 1 rings (SSSR count). The minimum absolute atomic E-state index is 0.117. The summed E-state index contributed by atoms with van der Waals surface area (Å²) in [6, 6.07) is 7.14. The summed E-state index contributed by atoms with van der Waals surface area (Å²) in [4.78, 5) is 18.1. The smallest absolute Gasteiger partial charge is 0.255 e. The molecule has 0 saturated heterocycles. The van der Waals surface area contributed by atoms with Gasteiger partial charge in [0.25, 0.3) is 5.91 Å². The summed E-state index contributed by atoms with van der Waals surface area (Å²) in [7, 11) is 1.73. The number of hydrogen-bond acceptors (Lipinski definition) is 5. The van der Waals surface area contributed by atoms with E-state index in [2.05, 4.69) is 10.3 Å². The molecule has 0 bridgehead atoms. The zero-order valence-corrected chi connectivity index (χ0v) is 12.8. The Labute approximate surface area is 125 Å². The Balaban J connectivity index is 3.26. The Morgan fingerprint density at radius 2 is 1.86 bits per heavy atom. The minimum Gasteiger partial charge on any atom is -0.373 e. The van der Waals surface area contributed by atoms with Crippen molar-refractivity contribution in [1.82, 2.24) is 9.88 Å². The van der Waals surface area contributed by atoms with Crippen molar-refractivity contribution >= 4 is 11.7 Å². The quantitative estimate of drug-likeness (QED) is 0.853. The molecule has 0 fully saturated rings. The van der Waals surface area contributed by atoms with E-state index in [1.54, 1.807) is 19.2 Å². The molecule has 6 heteroatoms. The Hall–Kier alpha value is -2.60. The SMILES string of the molecule is CNc1cc(C(=O)N(CC#N)CC#N)cc(C(C)(C)C)n1. The molecule has 0 radical (unpaired) electrons. The van der Waals surface area contributed by atoms with Crippen LogP contribution in [0, 0.1) is 22.7 Å². The molecule has 110 valence electrons. The number of aromatic nitrogens is 1. The van der Waals surface area contributed by atoms with Crippen LogP contribution in [0.15, 0.2) is 12.1 Å². The monoisotopic (exact) mass is 285 g/mol. The number of carbonyl (C=O) groups excluding carboxylic acids is 1. The number of anilines is 1. The van der Waals surface area contributed by atoms with Gasteiger partial charge in [0.15, 0.2) is 0 Å². The summed E-state index contributed by atoms with van der Waals surface area (Å²) >= 11 is 0. The van der Waals surface area contributed by atoms with Crippen molar-refractivity contribution in [2.75, 3.05) is 25.5 Å². The summed E-state index contributed by atoms with van der Waals surface area (Å²) in [6.07, 6.45) is 0. The van der Waals surface area contributed by atoms with Gasteiger partial charge in [-0.2, -0.15) is 10.5 Å². The second kappa shape index (κ2) is 6.71. The van der Waals surface area contributed by atoms with E-state index in [9.17, 15) is 4.79 Å². The highest BCUT2D eigenvalue weighted by molar-refractivity contribution is 5.95. The average Bonchev–Trinajstić information content (AvgIpc) is 2.44. The first-order valence-electron chi connectivity index (χ1n) is 6.57. The maximum Gasteiger partial charge on any atom is 0.255 e. The molecule has 1 N–H and O–H groups in total. The molecule has 0 saturated carbocycles. The molecule has 0 spiro atoms. The van der Waals surface area contributed by atoms with Crippen molar-refractivity contribution in [1.29, 1.82) is 10.5 Å². The van der Waals surface area contributed by atoms with E-state index in [1.807, 2.05) is 32.9 Å². The van der Waals surface area contributed by atoms with E-state index in [4.69, 9.17) is 10.5 Å². The summed E-state index contributed by atoms with van der Waals surface area (Å²) in [5, 5.41) is 20.5. The maximum atomic E-state index is 12.4. The van der Waals surface area contributed by atoms with Gasteiger partial charge in [-0.1, -0.05) is 20.8 Å². The highest BCUT2D eigenvalue weighted by Crippen LogP contribution is 2.23. The zero-order chi connectivity index (χ0) is 16.0. The van der Waals surface area contributed by atoms with Crippen LogP contribution in [-0.2, 0) is 5.41 Å². The second-order valence-corrected chi connectivity index (χ2v) is 5.60. The molecule has 0 atom stereocenters. The van der Waals surface area contributed by atoms with Gasteiger partial charge in [0, 0.05) is 23.7 Å². The van der Waals surface area contributed by atoms with E-state index in [-0.39, 0.29) is 24.4 Å². The van der Waals surface area contributed by atoms with E-state index >= 15 is 0 Å². The van der Waals surface area contributed by atoms with Crippen molar-refractivity contribution in [3.63, 3.8) is 0 Å². The number of amides is 1. The molecule has 0 aliphatic carbocycles. The van der Waals surface area contributed by atoms with Crippen LogP contribution in [0.2, 0.25) is 0 Å². The fourth-order valence-corrected chi connectivity index (χ4v) is 1.72. The van der Waals surface area contributed by atoms with Gasteiger partial charge in [0.1, 0.15) is 18.9 Å². The van der Waals surface area contributed by atoms with Gasteiger partial charge >= 0.3 is 0 Å². The Bertz CT molecular complexity index is 588. The average molecular weight is 285 g/mol. The minimum atomic E-state index is -0.345. The predicted molar refractivity (Wildman–Crippen MR) is 79.6 cm³/mol. The fraction of sp³-hybridized carbons (Fsp3) is 0.467. The molecule has 1 amide bonds. The standard InChI is InChI=1S/C15H19N5O/c1-15(2,3)12-9-11(10-13(18-4)19-12)14(21)20(7-5-16)8-6-17/h9-10H,7-8H2,1-4H3,(H,18,19). The highest BCUT2D eigenvalue weighted by atomic mass is 16.2. The van der Waals surface area contributed by atoms with Crippen LogP contribution >= 0.6 is 0 Å². The number of pyridine rings is 1. The number of carbonyl (C=O) groups is 1. The topological polar surface area (TPSA) is 92.8 Å². The Kier molecular flexibility index (Phi) is 5.26. The van der Waals surface area contributed by atoms with Crippen LogP contribution in [-0.4, -0.2) is 35.9 Å². The van der Waals surface area contributed by atoms with E-state index in [0.717, 1.165) is 5.69 Å². The predicted octanol–water partition coefficient (Wildman–Crippen LogP) is 1.91. The Morgan fingerprint density at radius 3 is 2.29 bits per heavy atom. The van der Waals surface area contributed by atoms with Gasteiger partial charge in [0.2, 0.25) is 0 Å². The molecule has 1 aromatic heterocycles. The van der Waals surface area contributed by atoms with Gasteiger partial charge in [-0.3, -0.25) is 4.79 Å². The summed E-state index contributed by atoms with van der Waals surface area (Å²) in [5.74, 6) is 0.238. The zero-order valence-electron chi connectivity index (χ0n) is 12.8. The van der Waals surface area contributed by atoms with Crippen molar-refractivity contribution in [2.24, 2.45) is 0 Å². The first-order chi connectivity index (χ1) is 9.83. The summed E-state index contributed by atoms with van der Waals surface area (Å²) in [6.45, 7) is 5.78. The lowest BCUT2D eigenvalue weighted by atomic mass is 9.90. The number of nitrogens with one attached hydrogen (secondary N) is 1. The fourth-order valence-electron chi connectivity index (χ4n) is 1.72. The summed E-state index contributed by atoms with van der Waals surface area (Å²) in [5.41, 5.74) is 0.980. The molecular formula is C15H19N5O. The lowest BCUT2D eigenvalue weighted by molar-refractivity contribution is 0.0794. The lowest BCUT2D eigenvalue weighted by Crippen LogP contribution is -2.32. The number of hydrogen-bond donors (Lipinski definition) is 1. The maximum absolute atomic E-state index is 12.4. The Morgan fingerprint density at radius 1 is 1.29 bits per heavy atom. The second-order valence-electron chi connectivity index (χ2n) is 5.60. The van der Waals surface area contributed by atoms with Gasteiger partial charge in [-0.25, -0.2) is 4.98 Å². The van der Waals surface area contributed by atoms with Crippen LogP contribution in [0.3, 0.4) is 0 Å². The van der Waals surface area contributed by atoms with Gasteiger partial charge in [0.05, 0.1) is 12.1 Å². The molecule has 21 heavy (non-hydrogen) atoms. The van der Waals surface area contributed by atoms with Crippen LogP contribution in [0.4, 0.5) is 5.82 Å². The van der Waals surface area contributed by atoms with Gasteiger partial charge < -0.3 is 10.2 Å². The molecule has 1 aromatic rings. The van der Waals surface area contributed by atoms with Crippen molar-refractivity contribution < 1.29 is 4.79 Å². The molecule has 0 aliphatic rings. The first kappa shape index (κ1) is 16.5. The normalized spacial score (nSPS) is 10.4. The molecule has 0 unspecified atom stereocenters. The molecule has 0 aliphatic heterocycles. The largest absolute Gasteiger partial charge is 0.373 e. The summed E-state index contributed by atoms with van der Waals surface area (Å²) < 4.78 is 0. The number of nitrogens with zero attached hydrogens (tertiary/aromatic N) is 4. The van der Waals surface area contributed by atoms with Crippen molar-refractivity contribution in [3.05, 3.63) is 23.4 Å². The van der Waals surface area contributed by atoms with E-state index in [0.29, 0.717) is 11.4 Å². The third-order valence-corrected chi connectivity index (χ3v) is 2.91. The lowest BCUT2D eigenvalue weighted by Gasteiger charge is -2.21. The van der Waals surface area contributed by atoms with E-state index in [1.165, 1.54) is 4.90 Å². The number of nitriles is 2. The van der Waals surface area contributed by atoms with Crippen molar-refractivity contribution in [3.8, 4) is 12.1 Å². The third kappa shape index (κ3) is 4.19. The van der Waals surface area contributed by atoms with Crippen LogP contribution in [0.1, 0.15) is 36.8 Å². The molecule has 6 nitrogen and oxygen atoms in total. The molecule has 1 heterocycles. The van der Waals surface area contributed by atoms with E-state index < -0.39 is 0 Å². The first-order valence-corrected chi connectivity index (χ1v) is 6.57. The van der Waals surface area contributed by atoms with Crippen LogP contribution in [0.5, 0.6) is 0 Å². The number of rotatable bonds is 4. The van der Waals surface area contributed by atoms with Gasteiger partial charge in [-0.05, 0) is 12.1 Å². The van der Waals surface area contributed by atoms with Crippen LogP contribution in [0.25, 0.3) is 0 Å². The third-order valence-electron chi connectivity index (χ3n) is 2.91. The van der Waals surface area contributed by atoms with Gasteiger partial charge in [-0.15, -0.1) is 0 Å². The molecular weight excluding hydrogens is 266 g/mol. The molecule has 0 aromatic carbocycles.